The predicted molar refractivity (Wildman–Crippen MR) is 129 cm³/mol. The Morgan fingerprint density at radius 3 is 2.41 bits per heavy atom. The molecule has 5 rings (SSSR count). The van der Waals surface area contributed by atoms with E-state index in [1.54, 1.807) is 28.3 Å². The molecule has 3 aliphatic rings. The number of carbonyl (C=O) groups is 2. The van der Waals surface area contributed by atoms with E-state index >= 15 is 0 Å². The van der Waals surface area contributed by atoms with E-state index in [1.165, 1.54) is 0 Å². The number of benzene rings is 2. The lowest BCUT2D eigenvalue weighted by molar-refractivity contribution is -0.128. The van der Waals surface area contributed by atoms with Crippen LogP contribution < -0.4 is 5.32 Å². The Kier molecular flexibility index (Phi) is 5.76. The molecule has 34 heavy (non-hydrogen) atoms. The summed E-state index contributed by atoms with van der Waals surface area (Å²) in [5.74, 6) is 0.229. The van der Waals surface area contributed by atoms with Crippen LogP contribution in [0, 0.1) is 5.92 Å². The van der Waals surface area contributed by atoms with Crippen molar-refractivity contribution in [2.45, 2.75) is 56.5 Å². The lowest BCUT2D eigenvalue weighted by Gasteiger charge is -2.37. The maximum absolute atomic E-state index is 13.4. The molecule has 2 heterocycles. The Hall–Kier alpha value is -2.71. The molecule has 8 heteroatoms. The van der Waals surface area contributed by atoms with Crippen molar-refractivity contribution in [1.29, 1.82) is 0 Å². The van der Waals surface area contributed by atoms with Gasteiger partial charge in [0.1, 0.15) is 5.25 Å². The molecule has 0 aromatic heterocycles. The minimum Gasteiger partial charge on any atom is -0.344 e. The summed E-state index contributed by atoms with van der Waals surface area (Å²) >= 11 is 0. The molecule has 1 N–H and O–H groups in total. The Labute approximate surface area is 201 Å². The second kappa shape index (κ2) is 8.50. The smallest absolute Gasteiger partial charge is 0.251 e. The average molecular weight is 482 g/mol. The number of rotatable bonds is 5. The Morgan fingerprint density at radius 2 is 1.76 bits per heavy atom. The number of piperidine rings is 1. The van der Waals surface area contributed by atoms with Crippen molar-refractivity contribution in [3.63, 3.8) is 0 Å². The number of carbonyl (C=O) groups excluding carboxylic acids is 2. The van der Waals surface area contributed by atoms with Crippen LogP contribution in [0.25, 0.3) is 0 Å². The van der Waals surface area contributed by atoms with E-state index < -0.39 is 15.3 Å². The van der Waals surface area contributed by atoms with Gasteiger partial charge in [-0.2, -0.15) is 4.31 Å². The Balaban J connectivity index is 1.26. The zero-order valence-corrected chi connectivity index (χ0v) is 20.4. The highest BCUT2D eigenvalue weighted by atomic mass is 32.2. The molecule has 3 unspecified atom stereocenters. The molecular weight excluding hydrogens is 450 g/mol. The first-order chi connectivity index (χ1) is 16.2. The maximum Gasteiger partial charge on any atom is 0.251 e. The summed E-state index contributed by atoms with van der Waals surface area (Å²) in [4.78, 5) is 26.3. The molecule has 2 saturated heterocycles. The zero-order valence-electron chi connectivity index (χ0n) is 19.6. The van der Waals surface area contributed by atoms with Crippen molar-refractivity contribution < 1.29 is 18.0 Å². The average Bonchev–Trinajstić information content (AvgIpc) is 3.35. The van der Waals surface area contributed by atoms with Crippen molar-refractivity contribution in [3.05, 3.63) is 71.3 Å². The lowest BCUT2D eigenvalue weighted by atomic mass is 10.0. The summed E-state index contributed by atoms with van der Waals surface area (Å²) < 4.78 is 28.5. The van der Waals surface area contributed by atoms with Crippen LogP contribution >= 0.6 is 0 Å². The van der Waals surface area contributed by atoms with Gasteiger partial charge in [0, 0.05) is 44.1 Å². The zero-order chi connectivity index (χ0) is 24.1. The van der Waals surface area contributed by atoms with Gasteiger partial charge in [-0.15, -0.1) is 0 Å². The van der Waals surface area contributed by atoms with Crippen LogP contribution in [0.15, 0.2) is 54.6 Å². The van der Waals surface area contributed by atoms with Gasteiger partial charge in [0.2, 0.25) is 15.9 Å². The number of likely N-dealkylation sites (tertiary alicyclic amines) is 1. The standard InChI is InChI=1S/C26H31N3O4S/c1-18-8-13-24(21-6-4-3-5-7-21)34(32,33)29(18)15-20-9-11-22(12-10-20)25(31)27-26-14-23(26)16-28(17-26)19(2)30/h3-7,9-12,18,23-24H,8,13-17H2,1-2H3,(H,27,31)/t18-,23?,24?,26?/m0/s1. The monoisotopic (exact) mass is 481 g/mol. The molecule has 1 aliphatic carbocycles. The van der Waals surface area contributed by atoms with Crippen LogP contribution in [0.3, 0.4) is 0 Å². The highest BCUT2D eigenvalue weighted by Crippen LogP contribution is 2.49. The predicted octanol–water partition coefficient (Wildman–Crippen LogP) is 3.09. The quantitative estimate of drug-likeness (QED) is 0.711. The molecule has 2 amide bonds. The summed E-state index contributed by atoms with van der Waals surface area (Å²) in [5.41, 5.74) is 1.94. The maximum atomic E-state index is 13.4. The second-order valence-electron chi connectivity index (χ2n) is 10.0. The van der Waals surface area contributed by atoms with E-state index in [4.69, 9.17) is 0 Å². The number of hydrogen-bond donors (Lipinski definition) is 1. The minimum atomic E-state index is -3.50. The summed E-state index contributed by atoms with van der Waals surface area (Å²) in [7, 11) is -3.50. The number of fused-ring (bicyclic) bond motifs is 1. The molecule has 4 atom stereocenters. The number of nitrogens with zero attached hydrogens (tertiary/aromatic N) is 2. The number of nitrogens with one attached hydrogen (secondary N) is 1. The minimum absolute atomic E-state index is 0.0431. The molecule has 0 spiro atoms. The van der Waals surface area contributed by atoms with Gasteiger partial charge in [-0.25, -0.2) is 8.42 Å². The molecule has 2 aromatic rings. The van der Waals surface area contributed by atoms with E-state index in [9.17, 15) is 18.0 Å². The molecular formula is C26H31N3O4S. The third-order valence-electron chi connectivity index (χ3n) is 7.70. The highest BCUT2D eigenvalue weighted by Gasteiger charge is 2.61. The molecule has 2 aromatic carbocycles. The van der Waals surface area contributed by atoms with Gasteiger partial charge >= 0.3 is 0 Å². The van der Waals surface area contributed by atoms with Gasteiger partial charge in [0.05, 0.1) is 5.54 Å². The van der Waals surface area contributed by atoms with Crippen molar-refractivity contribution in [2.75, 3.05) is 13.1 Å². The van der Waals surface area contributed by atoms with Gasteiger partial charge in [0.25, 0.3) is 5.91 Å². The van der Waals surface area contributed by atoms with E-state index in [0.29, 0.717) is 31.0 Å². The summed E-state index contributed by atoms with van der Waals surface area (Å²) in [5, 5.41) is 2.61. The number of sulfonamides is 1. The topological polar surface area (TPSA) is 86.8 Å². The first-order valence-corrected chi connectivity index (χ1v) is 13.4. The lowest BCUT2D eigenvalue weighted by Crippen LogP contribution is -2.44. The SMILES string of the molecule is CC(=O)N1CC2CC2(NC(=O)c2ccc(CN3[C@@H](C)CCC(c4ccccc4)S3(=O)=O)cc2)C1. The fourth-order valence-electron chi connectivity index (χ4n) is 5.51. The number of hydrogen-bond acceptors (Lipinski definition) is 4. The highest BCUT2D eigenvalue weighted by molar-refractivity contribution is 7.89. The summed E-state index contributed by atoms with van der Waals surface area (Å²) in [6, 6.07) is 16.5. The van der Waals surface area contributed by atoms with E-state index in [0.717, 1.165) is 24.0 Å². The van der Waals surface area contributed by atoms with Crippen LogP contribution in [0.5, 0.6) is 0 Å². The van der Waals surface area contributed by atoms with Crippen LogP contribution in [0.2, 0.25) is 0 Å². The molecule has 3 fully saturated rings. The van der Waals surface area contributed by atoms with Crippen molar-refractivity contribution >= 4 is 21.8 Å². The molecule has 2 aliphatic heterocycles. The first-order valence-electron chi connectivity index (χ1n) is 11.9. The fourth-order valence-corrected chi connectivity index (χ4v) is 7.71. The Bertz CT molecular complexity index is 1200. The van der Waals surface area contributed by atoms with Gasteiger partial charge in [-0.1, -0.05) is 42.5 Å². The van der Waals surface area contributed by atoms with Crippen molar-refractivity contribution in [2.24, 2.45) is 5.92 Å². The normalized spacial score (nSPS) is 29.9. The van der Waals surface area contributed by atoms with E-state index in [-0.39, 0.29) is 29.9 Å². The summed E-state index contributed by atoms with van der Waals surface area (Å²) in [6.07, 6.45) is 2.33. The molecule has 7 nitrogen and oxygen atoms in total. The molecule has 1 saturated carbocycles. The van der Waals surface area contributed by atoms with Gasteiger partial charge in [-0.05, 0) is 49.4 Å². The van der Waals surface area contributed by atoms with Gasteiger partial charge in [0.15, 0.2) is 0 Å². The van der Waals surface area contributed by atoms with Crippen molar-refractivity contribution in [1.82, 2.24) is 14.5 Å². The van der Waals surface area contributed by atoms with E-state index in [1.807, 2.05) is 49.4 Å². The van der Waals surface area contributed by atoms with Crippen LogP contribution in [-0.4, -0.2) is 54.1 Å². The van der Waals surface area contributed by atoms with E-state index in [2.05, 4.69) is 5.32 Å². The Morgan fingerprint density at radius 1 is 1.06 bits per heavy atom. The third kappa shape index (κ3) is 4.14. The third-order valence-corrected chi connectivity index (χ3v) is 10.1. The van der Waals surface area contributed by atoms with Gasteiger partial charge in [-0.3, -0.25) is 9.59 Å². The van der Waals surface area contributed by atoms with Gasteiger partial charge < -0.3 is 10.2 Å². The van der Waals surface area contributed by atoms with Crippen LogP contribution in [-0.2, 0) is 21.4 Å². The number of amides is 2. The molecule has 180 valence electrons. The second-order valence-corrected chi connectivity index (χ2v) is 12.1. The van der Waals surface area contributed by atoms with Crippen molar-refractivity contribution in [3.8, 4) is 0 Å². The fraction of sp³-hybridized carbons (Fsp3) is 0.462. The molecule has 0 bridgehead atoms. The largest absolute Gasteiger partial charge is 0.344 e. The van der Waals surface area contributed by atoms with Crippen LogP contribution in [0.4, 0.5) is 0 Å². The first kappa shape index (κ1) is 23.1. The van der Waals surface area contributed by atoms with Crippen LogP contribution in [0.1, 0.15) is 59.8 Å². The summed E-state index contributed by atoms with van der Waals surface area (Å²) in [6.45, 7) is 5.09. The molecule has 0 radical (unpaired) electrons.